The summed E-state index contributed by atoms with van der Waals surface area (Å²) in [6.07, 6.45) is 0.724. The van der Waals surface area contributed by atoms with Gasteiger partial charge in [0.1, 0.15) is 0 Å². The number of ether oxygens (including phenoxy) is 2. The quantitative estimate of drug-likeness (QED) is 0.570. The highest BCUT2D eigenvalue weighted by Crippen LogP contribution is 2.38. The van der Waals surface area contributed by atoms with Gasteiger partial charge in [0.15, 0.2) is 16.6 Å². The molecule has 1 heterocycles. The zero-order valence-electron chi connectivity index (χ0n) is 19.3. The second-order valence-electron chi connectivity index (χ2n) is 8.17. The monoisotopic (exact) mass is 456 g/mol. The number of hydrogen-bond donors (Lipinski definition) is 3. The molecule has 0 saturated carbocycles. The highest BCUT2D eigenvalue weighted by Gasteiger charge is 2.32. The Morgan fingerprint density at radius 2 is 1.81 bits per heavy atom. The van der Waals surface area contributed by atoms with E-state index in [4.69, 9.17) is 21.7 Å². The summed E-state index contributed by atoms with van der Waals surface area (Å²) in [6, 6.07) is 11.6. The molecule has 2 aromatic carbocycles. The predicted octanol–water partition coefficient (Wildman–Crippen LogP) is 4.02. The minimum absolute atomic E-state index is 0.149. The Balaban J connectivity index is 1.88. The van der Waals surface area contributed by atoms with E-state index in [2.05, 4.69) is 16.0 Å². The molecule has 3 N–H and O–H groups in total. The number of benzene rings is 2. The van der Waals surface area contributed by atoms with Gasteiger partial charge in [0.25, 0.3) is 0 Å². The lowest BCUT2D eigenvalue weighted by molar-refractivity contribution is 0.182. The minimum Gasteiger partial charge on any atom is -0.493 e. The van der Waals surface area contributed by atoms with Gasteiger partial charge in [0.05, 0.1) is 20.3 Å². The molecule has 8 heteroatoms. The van der Waals surface area contributed by atoms with Crippen LogP contribution in [0.4, 0.5) is 10.5 Å². The molecule has 2 aromatic rings. The van der Waals surface area contributed by atoms with E-state index in [0.29, 0.717) is 29.7 Å². The van der Waals surface area contributed by atoms with Crippen molar-refractivity contribution in [3.05, 3.63) is 53.1 Å². The molecular formula is C24H32N4O3S. The van der Waals surface area contributed by atoms with Gasteiger partial charge in [-0.15, -0.1) is 0 Å². The number of anilines is 1. The van der Waals surface area contributed by atoms with Gasteiger partial charge in [0.2, 0.25) is 0 Å². The first-order valence-electron chi connectivity index (χ1n) is 10.8. The van der Waals surface area contributed by atoms with Crippen molar-refractivity contribution >= 4 is 29.0 Å². The van der Waals surface area contributed by atoms with Gasteiger partial charge in [-0.25, -0.2) is 4.79 Å². The summed E-state index contributed by atoms with van der Waals surface area (Å²) in [7, 11) is 3.24. The number of amides is 2. The van der Waals surface area contributed by atoms with Gasteiger partial charge in [0, 0.05) is 24.8 Å². The normalized spacial score (nSPS) is 15.1. The Morgan fingerprint density at radius 1 is 1.16 bits per heavy atom. The van der Waals surface area contributed by atoms with E-state index in [-0.39, 0.29) is 18.1 Å². The third-order valence-electron chi connectivity index (χ3n) is 5.44. The Kier molecular flexibility index (Phi) is 7.80. The smallest absolute Gasteiger partial charge is 0.322 e. The number of hydrogen-bond acceptors (Lipinski definition) is 4. The van der Waals surface area contributed by atoms with Crippen molar-refractivity contribution in [3.63, 3.8) is 0 Å². The molecule has 0 aliphatic carbocycles. The molecule has 1 aliphatic heterocycles. The molecule has 7 nitrogen and oxygen atoms in total. The van der Waals surface area contributed by atoms with Crippen LogP contribution in [0.2, 0.25) is 0 Å². The number of carbonyl (C=O) groups is 1. The second kappa shape index (κ2) is 10.5. The van der Waals surface area contributed by atoms with Gasteiger partial charge in [-0.05, 0) is 74.8 Å². The van der Waals surface area contributed by atoms with E-state index >= 15 is 0 Å². The van der Waals surface area contributed by atoms with E-state index in [1.165, 1.54) is 0 Å². The summed E-state index contributed by atoms with van der Waals surface area (Å²) in [5.41, 5.74) is 4.07. The topological polar surface area (TPSA) is 74.9 Å². The van der Waals surface area contributed by atoms with Gasteiger partial charge >= 0.3 is 6.03 Å². The van der Waals surface area contributed by atoms with Crippen LogP contribution in [0.5, 0.6) is 11.5 Å². The van der Waals surface area contributed by atoms with Crippen LogP contribution in [-0.2, 0) is 6.42 Å². The molecule has 1 atom stereocenters. The number of nitrogens with one attached hydrogen (secondary N) is 3. The maximum absolute atomic E-state index is 13.3. The van der Waals surface area contributed by atoms with E-state index in [9.17, 15) is 4.79 Å². The first-order valence-corrected chi connectivity index (χ1v) is 11.2. The fraction of sp³-hybridized carbons (Fsp3) is 0.417. The Bertz CT molecular complexity index is 962. The minimum atomic E-state index is -0.226. The van der Waals surface area contributed by atoms with E-state index in [1.54, 1.807) is 14.2 Å². The fourth-order valence-electron chi connectivity index (χ4n) is 3.83. The van der Waals surface area contributed by atoms with Crippen LogP contribution in [0.15, 0.2) is 36.4 Å². The maximum Gasteiger partial charge on any atom is 0.322 e. The third kappa shape index (κ3) is 5.62. The van der Waals surface area contributed by atoms with E-state index in [1.807, 2.05) is 62.1 Å². The predicted molar refractivity (Wildman–Crippen MR) is 132 cm³/mol. The summed E-state index contributed by atoms with van der Waals surface area (Å²) < 4.78 is 11.0. The number of aryl methyl sites for hydroxylation is 1. The summed E-state index contributed by atoms with van der Waals surface area (Å²) in [4.78, 5) is 15.1. The summed E-state index contributed by atoms with van der Waals surface area (Å²) in [6.45, 7) is 7.13. The Labute approximate surface area is 195 Å². The molecule has 0 saturated heterocycles. The van der Waals surface area contributed by atoms with Gasteiger partial charge in [-0.2, -0.15) is 0 Å². The van der Waals surface area contributed by atoms with Crippen molar-refractivity contribution in [2.75, 3.05) is 32.6 Å². The zero-order chi connectivity index (χ0) is 23.3. The molecule has 172 valence electrons. The van der Waals surface area contributed by atoms with Gasteiger partial charge in [-0.3, -0.25) is 0 Å². The summed E-state index contributed by atoms with van der Waals surface area (Å²) >= 11 is 5.42. The van der Waals surface area contributed by atoms with Gasteiger partial charge in [-0.1, -0.05) is 17.7 Å². The Hall–Kier alpha value is -3.00. The van der Waals surface area contributed by atoms with Gasteiger partial charge < -0.3 is 30.3 Å². The molecule has 0 fully saturated rings. The third-order valence-corrected chi connectivity index (χ3v) is 5.70. The van der Waals surface area contributed by atoms with Crippen LogP contribution in [0.3, 0.4) is 0 Å². The van der Waals surface area contributed by atoms with Crippen LogP contribution in [-0.4, -0.2) is 49.4 Å². The van der Waals surface area contributed by atoms with Crippen molar-refractivity contribution < 1.29 is 14.3 Å². The number of fused-ring (bicyclic) bond motifs is 1. The highest BCUT2D eigenvalue weighted by atomic mass is 32.1. The fourth-order valence-corrected chi connectivity index (χ4v) is 4.15. The lowest BCUT2D eigenvalue weighted by atomic mass is 9.92. The van der Waals surface area contributed by atoms with Crippen molar-refractivity contribution in [2.24, 2.45) is 0 Å². The molecule has 32 heavy (non-hydrogen) atoms. The van der Waals surface area contributed by atoms with Crippen LogP contribution in [0.1, 0.15) is 36.6 Å². The van der Waals surface area contributed by atoms with Crippen LogP contribution >= 0.6 is 12.2 Å². The SMILES string of the molecule is COc1cc2c(cc1OC)[C@@H](CNC(=S)NC(C)C)N(C(=O)Nc1ccc(C)cc1)CC2. The number of urea groups is 1. The largest absolute Gasteiger partial charge is 0.493 e. The molecule has 0 bridgehead atoms. The lowest BCUT2D eigenvalue weighted by Crippen LogP contribution is -2.48. The standard InChI is InChI=1S/C24H32N4O3S/c1-15(2)26-23(32)25-14-20-19-13-22(31-5)21(30-4)12-17(19)10-11-28(20)24(29)27-18-8-6-16(3)7-9-18/h6-9,12-13,15,20H,10-11,14H2,1-5H3,(H,27,29)(H2,25,26,32)/t20-/m1/s1. The van der Waals surface area contributed by atoms with E-state index < -0.39 is 0 Å². The number of thiocarbonyl (C=S) groups is 1. The number of carbonyl (C=O) groups excluding carboxylic acids is 1. The van der Waals surface area contributed by atoms with Crippen LogP contribution in [0, 0.1) is 6.92 Å². The van der Waals surface area contributed by atoms with Crippen molar-refractivity contribution in [2.45, 2.75) is 39.3 Å². The van der Waals surface area contributed by atoms with Crippen molar-refractivity contribution in [1.82, 2.24) is 15.5 Å². The number of nitrogens with zero attached hydrogens (tertiary/aromatic N) is 1. The molecule has 0 aromatic heterocycles. The number of methoxy groups -OCH3 is 2. The van der Waals surface area contributed by atoms with Crippen LogP contribution in [0.25, 0.3) is 0 Å². The average molecular weight is 457 g/mol. The average Bonchev–Trinajstić information content (AvgIpc) is 2.77. The highest BCUT2D eigenvalue weighted by molar-refractivity contribution is 7.80. The lowest BCUT2D eigenvalue weighted by Gasteiger charge is -2.38. The van der Waals surface area contributed by atoms with Crippen molar-refractivity contribution in [1.29, 1.82) is 0 Å². The molecule has 2 amide bonds. The molecule has 3 rings (SSSR count). The molecule has 0 radical (unpaired) electrons. The molecule has 1 aliphatic rings. The summed E-state index contributed by atoms with van der Waals surface area (Å²) in [5, 5.41) is 10.1. The Morgan fingerprint density at radius 3 is 2.44 bits per heavy atom. The van der Waals surface area contributed by atoms with E-state index in [0.717, 1.165) is 28.8 Å². The summed E-state index contributed by atoms with van der Waals surface area (Å²) in [5.74, 6) is 1.33. The maximum atomic E-state index is 13.3. The first kappa shape index (κ1) is 23.7. The molecular weight excluding hydrogens is 424 g/mol. The molecule has 0 spiro atoms. The number of rotatable bonds is 6. The molecule has 0 unspecified atom stereocenters. The van der Waals surface area contributed by atoms with Crippen molar-refractivity contribution in [3.8, 4) is 11.5 Å². The second-order valence-corrected chi connectivity index (χ2v) is 8.58. The first-order chi connectivity index (χ1) is 15.3. The van der Waals surface area contributed by atoms with Crippen LogP contribution < -0.4 is 25.4 Å². The zero-order valence-corrected chi connectivity index (χ0v) is 20.1.